The van der Waals surface area contributed by atoms with Gasteiger partial charge in [0, 0.05) is 62.4 Å². The highest BCUT2D eigenvalue weighted by molar-refractivity contribution is 5.86. The first-order valence-corrected chi connectivity index (χ1v) is 14.0. The summed E-state index contributed by atoms with van der Waals surface area (Å²) >= 11 is 0. The Bertz CT molecular complexity index is 1580. The molecule has 43 heavy (non-hydrogen) atoms. The number of imidazole rings is 1. The molecule has 2 aliphatic heterocycles. The molecule has 1 amide bonds. The molecule has 2 atom stereocenters. The normalized spacial score (nSPS) is 18.7. The van der Waals surface area contributed by atoms with Crippen LogP contribution in [0.1, 0.15) is 53.3 Å². The maximum absolute atomic E-state index is 12.9. The molecule has 226 valence electrons. The molecular weight excluding hydrogens is 563 g/mol. The molecule has 1 aromatic carbocycles. The minimum absolute atomic E-state index is 0.0916. The van der Waals surface area contributed by atoms with Crippen molar-refractivity contribution in [2.24, 2.45) is 0 Å². The fourth-order valence-electron chi connectivity index (χ4n) is 5.40. The molecule has 0 radical (unpaired) electrons. The number of fused-ring (bicyclic) bond motifs is 1. The molecule has 3 aromatic heterocycles. The molecule has 0 aliphatic carbocycles. The summed E-state index contributed by atoms with van der Waals surface area (Å²) in [7, 11) is 1.52. The zero-order valence-electron chi connectivity index (χ0n) is 23.6. The van der Waals surface area contributed by atoms with Crippen LogP contribution in [0.5, 0.6) is 0 Å². The van der Waals surface area contributed by atoms with Crippen molar-refractivity contribution in [3.63, 3.8) is 0 Å². The summed E-state index contributed by atoms with van der Waals surface area (Å²) in [5, 5.41) is 2.53. The van der Waals surface area contributed by atoms with Crippen LogP contribution in [-0.2, 0) is 15.7 Å². The quantitative estimate of drug-likeness (QED) is 0.315. The van der Waals surface area contributed by atoms with Crippen LogP contribution in [0.25, 0.3) is 16.8 Å². The number of amides is 1. The zero-order chi connectivity index (χ0) is 30.6. The van der Waals surface area contributed by atoms with Crippen LogP contribution in [0, 0.1) is 0 Å². The Morgan fingerprint density at radius 3 is 2.58 bits per heavy atom. The molecular formula is C30H32F3N7O3. The van der Waals surface area contributed by atoms with Crippen molar-refractivity contribution in [3.05, 3.63) is 71.9 Å². The maximum atomic E-state index is 12.9. The molecule has 0 bridgehead atoms. The van der Waals surface area contributed by atoms with Crippen molar-refractivity contribution < 1.29 is 27.5 Å². The Balaban J connectivity index is 0.000000259. The standard InChI is InChI=1S/C23H25N5O3.C7H7F3N2/c24-21-20-19(16-7-5-15(14-29)6-8-16)26-22(28(20)11-9-25-21)17-3-1-10-27(13-17)23(30)18-4-2-12-31-18;1-11-6-4-5(2-3-12-6)7(8,9)10/h5-9,11,14,17-18H,1-4,10,12-13H2,(H2,24,25);2-4H,1H3,(H,11,12). The predicted molar refractivity (Wildman–Crippen MR) is 155 cm³/mol. The van der Waals surface area contributed by atoms with Crippen LogP contribution < -0.4 is 11.1 Å². The number of hydrogen-bond donors (Lipinski definition) is 2. The van der Waals surface area contributed by atoms with Gasteiger partial charge in [-0.2, -0.15) is 13.2 Å². The number of nitrogens with two attached hydrogens (primary N) is 1. The highest BCUT2D eigenvalue weighted by Crippen LogP contribution is 2.34. The van der Waals surface area contributed by atoms with Crippen LogP contribution in [0.2, 0.25) is 0 Å². The van der Waals surface area contributed by atoms with Gasteiger partial charge in [0.05, 0.1) is 5.56 Å². The first-order chi connectivity index (χ1) is 20.7. The number of carbonyl (C=O) groups excluding carboxylic acids is 2. The number of piperidine rings is 1. The SMILES string of the molecule is CNc1cc(C(F)(F)F)ccn1.Nc1nccn2c(C3CCCN(C(=O)C4CCCO4)C3)nc(-c3ccc(C=O)cc3)c12. The summed E-state index contributed by atoms with van der Waals surface area (Å²) in [5.41, 5.74) is 8.51. The van der Waals surface area contributed by atoms with Gasteiger partial charge in [0.2, 0.25) is 0 Å². The van der Waals surface area contributed by atoms with Crippen LogP contribution in [0.4, 0.5) is 24.8 Å². The number of hydrogen-bond acceptors (Lipinski definition) is 8. The molecule has 2 aliphatic rings. The lowest BCUT2D eigenvalue weighted by atomic mass is 9.96. The van der Waals surface area contributed by atoms with Crippen molar-refractivity contribution in [2.45, 2.75) is 43.9 Å². The molecule has 4 aromatic rings. The van der Waals surface area contributed by atoms with Crippen molar-refractivity contribution in [1.82, 2.24) is 24.3 Å². The van der Waals surface area contributed by atoms with E-state index in [0.717, 1.165) is 79.4 Å². The van der Waals surface area contributed by atoms with Crippen LogP contribution in [0.15, 0.2) is 55.0 Å². The number of carbonyl (C=O) groups is 2. The summed E-state index contributed by atoms with van der Waals surface area (Å²) in [6.45, 7) is 2.03. The van der Waals surface area contributed by atoms with Gasteiger partial charge in [-0.1, -0.05) is 24.3 Å². The number of nitrogens with zero attached hydrogens (tertiary/aromatic N) is 5. The lowest BCUT2D eigenvalue weighted by Crippen LogP contribution is -2.44. The second-order valence-corrected chi connectivity index (χ2v) is 10.4. The fourth-order valence-corrected chi connectivity index (χ4v) is 5.40. The number of nitrogen functional groups attached to an aromatic ring is 1. The summed E-state index contributed by atoms with van der Waals surface area (Å²) in [6.07, 6.45) is 4.49. The van der Waals surface area contributed by atoms with E-state index in [-0.39, 0.29) is 23.7 Å². The number of alkyl halides is 3. The molecule has 10 nitrogen and oxygen atoms in total. The van der Waals surface area contributed by atoms with Gasteiger partial charge in [0.15, 0.2) is 0 Å². The predicted octanol–water partition coefficient (Wildman–Crippen LogP) is 4.82. The van der Waals surface area contributed by atoms with Gasteiger partial charge < -0.3 is 20.7 Å². The van der Waals surface area contributed by atoms with Crippen molar-refractivity contribution >= 4 is 29.3 Å². The minimum Gasteiger partial charge on any atom is -0.382 e. The van der Waals surface area contributed by atoms with Gasteiger partial charge in [-0.05, 0) is 37.8 Å². The Hall–Kier alpha value is -4.52. The average Bonchev–Trinajstić information content (AvgIpc) is 3.71. The van der Waals surface area contributed by atoms with Crippen molar-refractivity contribution in [1.29, 1.82) is 0 Å². The largest absolute Gasteiger partial charge is 0.416 e. The summed E-state index contributed by atoms with van der Waals surface area (Å²) in [4.78, 5) is 38.7. The lowest BCUT2D eigenvalue weighted by molar-refractivity contribution is -0.142. The zero-order valence-corrected chi connectivity index (χ0v) is 23.6. The first-order valence-electron chi connectivity index (χ1n) is 14.0. The smallest absolute Gasteiger partial charge is 0.382 e. The van der Waals surface area contributed by atoms with E-state index in [2.05, 4.69) is 15.3 Å². The molecule has 6 rings (SSSR count). The molecule has 13 heteroatoms. The van der Waals surface area contributed by atoms with Crippen LogP contribution in [-0.4, -0.2) is 69.3 Å². The fraction of sp³-hybridized carbons (Fsp3) is 0.367. The van der Waals surface area contributed by atoms with E-state index >= 15 is 0 Å². The van der Waals surface area contributed by atoms with E-state index < -0.39 is 11.7 Å². The van der Waals surface area contributed by atoms with E-state index in [0.29, 0.717) is 24.5 Å². The summed E-state index contributed by atoms with van der Waals surface area (Å²) in [5.74, 6) is 1.68. The van der Waals surface area contributed by atoms with Gasteiger partial charge in [-0.3, -0.25) is 14.0 Å². The third-order valence-corrected chi connectivity index (χ3v) is 7.58. The number of pyridine rings is 1. The number of halogens is 3. The number of aromatic nitrogens is 4. The van der Waals surface area contributed by atoms with Gasteiger partial charge in [-0.25, -0.2) is 15.0 Å². The van der Waals surface area contributed by atoms with Gasteiger partial charge in [0.1, 0.15) is 41.1 Å². The Kier molecular flexibility index (Phi) is 8.90. The average molecular weight is 596 g/mol. The van der Waals surface area contributed by atoms with Crippen molar-refractivity contribution in [3.8, 4) is 11.3 Å². The Labute approximate surface area is 246 Å². The van der Waals surface area contributed by atoms with E-state index in [9.17, 15) is 22.8 Å². The van der Waals surface area contributed by atoms with E-state index in [4.69, 9.17) is 15.5 Å². The van der Waals surface area contributed by atoms with E-state index in [1.54, 1.807) is 18.3 Å². The van der Waals surface area contributed by atoms with Crippen molar-refractivity contribution in [2.75, 3.05) is 37.8 Å². The molecule has 2 unspecified atom stereocenters. The van der Waals surface area contributed by atoms with E-state index in [1.165, 1.54) is 7.05 Å². The maximum Gasteiger partial charge on any atom is 0.416 e. The monoisotopic (exact) mass is 595 g/mol. The highest BCUT2D eigenvalue weighted by atomic mass is 19.4. The molecule has 0 spiro atoms. The summed E-state index contributed by atoms with van der Waals surface area (Å²) in [6, 6.07) is 9.17. The number of anilines is 2. The third kappa shape index (κ3) is 6.61. The van der Waals surface area contributed by atoms with Gasteiger partial charge in [0.25, 0.3) is 5.91 Å². The Morgan fingerprint density at radius 1 is 1.12 bits per heavy atom. The van der Waals surface area contributed by atoms with Gasteiger partial charge in [-0.15, -0.1) is 0 Å². The number of rotatable bonds is 5. The Morgan fingerprint density at radius 2 is 1.91 bits per heavy atom. The highest BCUT2D eigenvalue weighted by Gasteiger charge is 2.34. The van der Waals surface area contributed by atoms with Crippen LogP contribution >= 0.6 is 0 Å². The number of aldehydes is 1. The number of nitrogens with one attached hydrogen (secondary N) is 1. The first kappa shape index (κ1) is 30.0. The second-order valence-electron chi connectivity index (χ2n) is 10.4. The third-order valence-electron chi connectivity index (χ3n) is 7.58. The number of benzene rings is 1. The molecule has 5 heterocycles. The molecule has 2 fully saturated rings. The molecule has 3 N–H and O–H groups in total. The second kappa shape index (κ2) is 12.8. The molecule has 2 saturated heterocycles. The minimum atomic E-state index is -4.30. The van der Waals surface area contributed by atoms with E-state index in [1.807, 2.05) is 27.6 Å². The lowest BCUT2D eigenvalue weighted by Gasteiger charge is -2.33. The number of likely N-dealkylation sites (tertiary alicyclic amines) is 1. The van der Waals surface area contributed by atoms with Gasteiger partial charge >= 0.3 is 6.18 Å². The summed E-state index contributed by atoms with van der Waals surface area (Å²) < 4.78 is 43.8. The topological polar surface area (TPSA) is 128 Å². The molecule has 0 saturated carbocycles. The van der Waals surface area contributed by atoms with Crippen LogP contribution in [0.3, 0.4) is 0 Å². The number of ether oxygens (including phenoxy) is 1.